The molecule has 0 N–H and O–H groups in total. The Hall–Kier alpha value is -0.585. The second kappa shape index (κ2) is 5.80. The van der Waals surface area contributed by atoms with Gasteiger partial charge in [0.15, 0.2) is 0 Å². The molecule has 2 saturated heterocycles. The molecule has 2 aliphatic rings. The van der Waals surface area contributed by atoms with Gasteiger partial charge in [0.2, 0.25) is 0 Å². The van der Waals surface area contributed by atoms with E-state index in [1.807, 2.05) is 6.20 Å². The van der Waals surface area contributed by atoms with E-state index in [1.165, 1.54) is 24.9 Å². The maximum atomic E-state index is 6.11. The molecule has 0 unspecified atom stereocenters. The smallest absolute Gasteiger partial charge is 0.398 e. The minimum absolute atomic E-state index is 0.336. The highest BCUT2D eigenvalue weighted by molar-refractivity contribution is 9.10. The second-order valence-electron chi connectivity index (χ2n) is 7.20. The van der Waals surface area contributed by atoms with Gasteiger partial charge in [0.25, 0.3) is 0 Å². The fourth-order valence-electron chi connectivity index (χ4n) is 2.91. The van der Waals surface area contributed by atoms with Crippen LogP contribution in [0, 0.1) is 0 Å². The average Bonchev–Trinajstić information content (AvgIpc) is 2.69. The van der Waals surface area contributed by atoms with E-state index in [-0.39, 0.29) is 11.2 Å². The number of nitrogens with zero attached hydrogens (tertiary/aromatic N) is 2. The SMILES string of the molecule is CC1(C)OB(c2cc(N3CCCCC3)c(Br)cn2)OC1(C)C. The van der Waals surface area contributed by atoms with Gasteiger partial charge in [-0.3, -0.25) is 4.98 Å². The van der Waals surface area contributed by atoms with Crippen molar-refractivity contribution in [2.24, 2.45) is 0 Å². The molecule has 0 amide bonds. The van der Waals surface area contributed by atoms with E-state index in [9.17, 15) is 0 Å². The molecule has 4 nitrogen and oxygen atoms in total. The van der Waals surface area contributed by atoms with Crippen LogP contribution in [-0.4, -0.2) is 36.4 Å². The zero-order chi connectivity index (χ0) is 16.0. The molecule has 0 bridgehead atoms. The van der Waals surface area contributed by atoms with Crippen LogP contribution in [0.2, 0.25) is 0 Å². The van der Waals surface area contributed by atoms with Gasteiger partial charge in [-0.05, 0) is 69.0 Å². The third-order valence-electron chi connectivity index (χ3n) is 5.05. The number of halogens is 1. The van der Waals surface area contributed by atoms with Gasteiger partial charge in [0, 0.05) is 19.3 Å². The van der Waals surface area contributed by atoms with E-state index in [4.69, 9.17) is 9.31 Å². The van der Waals surface area contributed by atoms with Crippen molar-refractivity contribution in [1.29, 1.82) is 0 Å². The van der Waals surface area contributed by atoms with Crippen LogP contribution in [0.25, 0.3) is 0 Å². The average molecular weight is 367 g/mol. The summed E-state index contributed by atoms with van der Waals surface area (Å²) in [6.07, 6.45) is 5.69. The molecule has 0 aliphatic carbocycles. The highest BCUT2D eigenvalue weighted by Gasteiger charge is 2.52. The Balaban J connectivity index is 1.87. The Morgan fingerprint density at radius 1 is 1.09 bits per heavy atom. The number of piperidine rings is 1. The molecule has 120 valence electrons. The molecule has 2 fully saturated rings. The lowest BCUT2D eigenvalue weighted by Crippen LogP contribution is -2.41. The van der Waals surface area contributed by atoms with E-state index < -0.39 is 7.12 Å². The van der Waals surface area contributed by atoms with E-state index in [0.717, 1.165) is 23.2 Å². The van der Waals surface area contributed by atoms with Crippen molar-refractivity contribution < 1.29 is 9.31 Å². The van der Waals surface area contributed by atoms with Crippen LogP contribution < -0.4 is 10.5 Å². The zero-order valence-electron chi connectivity index (χ0n) is 13.9. The highest BCUT2D eigenvalue weighted by atomic mass is 79.9. The fraction of sp³-hybridized carbons (Fsp3) is 0.688. The van der Waals surface area contributed by atoms with Crippen molar-refractivity contribution in [2.75, 3.05) is 18.0 Å². The van der Waals surface area contributed by atoms with E-state index in [2.05, 4.69) is 59.6 Å². The lowest BCUT2D eigenvalue weighted by molar-refractivity contribution is 0.00578. The van der Waals surface area contributed by atoms with Gasteiger partial charge < -0.3 is 14.2 Å². The molecule has 0 radical (unpaired) electrons. The summed E-state index contributed by atoms with van der Waals surface area (Å²) in [5.41, 5.74) is 1.37. The lowest BCUT2D eigenvalue weighted by Gasteiger charge is -2.32. The number of pyridine rings is 1. The highest BCUT2D eigenvalue weighted by Crippen LogP contribution is 2.37. The molecule has 22 heavy (non-hydrogen) atoms. The Labute approximate surface area is 141 Å². The summed E-state index contributed by atoms with van der Waals surface area (Å²) < 4.78 is 13.3. The summed E-state index contributed by atoms with van der Waals surface area (Å²) in [4.78, 5) is 6.94. The van der Waals surface area contributed by atoms with Crippen molar-refractivity contribution in [3.8, 4) is 0 Å². The Morgan fingerprint density at radius 3 is 2.27 bits per heavy atom. The van der Waals surface area contributed by atoms with E-state index in [1.54, 1.807) is 0 Å². The van der Waals surface area contributed by atoms with Crippen LogP contribution in [0.5, 0.6) is 0 Å². The molecule has 1 aromatic heterocycles. The second-order valence-corrected chi connectivity index (χ2v) is 8.05. The minimum atomic E-state index is -0.401. The number of anilines is 1. The van der Waals surface area contributed by atoms with Crippen molar-refractivity contribution in [2.45, 2.75) is 58.2 Å². The number of rotatable bonds is 2. The first kappa shape index (κ1) is 16.3. The summed E-state index contributed by atoms with van der Waals surface area (Å²) in [7, 11) is -0.401. The first-order valence-electron chi connectivity index (χ1n) is 8.06. The van der Waals surface area contributed by atoms with Crippen LogP contribution in [0.4, 0.5) is 5.69 Å². The molecule has 2 aliphatic heterocycles. The van der Waals surface area contributed by atoms with Crippen LogP contribution in [0.15, 0.2) is 16.7 Å². The molecule has 6 heteroatoms. The van der Waals surface area contributed by atoms with Crippen LogP contribution in [0.1, 0.15) is 47.0 Å². The minimum Gasteiger partial charge on any atom is -0.398 e. The van der Waals surface area contributed by atoms with E-state index in [0.29, 0.717) is 0 Å². The molecule has 0 spiro atoms. The molecule has 3 rings (SSSR count). The van der Waals surface area contributed by atoms with Crippen LogP contribution in [0.3, 0.4) is 0 Å². The van der Waals surface area contributed by atoms with Gasteiger partial charge in [-0.25, -0.2) is 0 Å². The number of aromatic nitrogens is 1. The Bertz CT molecular complexity index is 543. The van der Waals surface area contributed by atoms with Gasteiger partial charge in [-0.1, -0.05) is 0 Å². The summed E-state index contributed by atoms with van der Waals surface area (Å²) >= 11 is 3.63. The predicted octanol–water partition coefficient (Wildman–Crippen LogP) is 3.13. The van der Waals surface area contributed by atoms with Crippen LogP contribution >= 0.6 is 15.9 Å². The van der Waals surface area contributed by atoms with E-state index >= 15 is 0 Å². The molecule has 0 aromatic carbocycles. The normalized spacial score (nSPS) is 23.9. The topological polar surface area (TPSA) is 34.6 Å². The molecule has 1 aromatic rings. The Kier molecular flexibility index (Phi) is 4.29. The molecular formula is C16H24BBrN2O2. The largest absolute Gasteiger partial charge is 0.514 e. The van der Waals surface area contributed by atoms with Crippen molar-refractivity contribution in [1.82, 2.24) is 4.98 Å². The van der Waals surface area contributed by atoms with Crippen molar-refractivity contribution in [3.63, 3.8) is 0 Å². The first-order valence-corrected chi connectivity index (χ1v) is 8.85. The van der Waals surface area contributed by atoms with Gasteiger partial charge >= 0.3 is 7.12 Å². The van der Waals surface area contributed by atoms with Crippen LogP contribution in [-0.2, 0) is 9.31 Å². The zero-order valence-corrected chi connectivity index (χ0v) is 15.4. The summed E-state index contributed by atoms with van der Waals surface area (Å²) in [5.74, 6) is 0. The predicted molar refractivity (Wildman–Crippen MR) is 93.7 cm³/mol. The third-order valence-corrected chi connectivity index (χ3v) is 5.66. The molecule has 0 atom stereocenters. The monoisotopic (exact) mass is 366 g/mol. The van der Waals surface area contributed by atoms with Gasteiger partial charge in [0.1, 0.15) is 0 Å². The third kappa shape index (κ3) is 2.93. The summed E-state index contributed by atoms with van der Waals surface area (Å²) in [5, 5.41) is 0. The Morgan fingerprint density at radius 2 is 1.68 bits per heavy atom. The number of hydrogen-bond donors (Lipinski definition) is 0. The fourth-order valence-corrected chi connectivity index (χ4v) is 3.38. The molecular weight excluding hydrogens is 343 g/mol. The van der Waals surface area contributed by atoms with Gasteiger partial charge in [-0.15, -0.1) is 0 Å². The standard InChI is InChI=1S/C16H24BBrN2O2/c1-15(2)16(3,4)22-17(21-15)14-10-13(12(18)11-19-14)20-8-6-5-7-9-20/h10-11H,5-9H2,1-4H3. The number of hydrogen-bond acceptors (Lipinski definition) is 4. The van der Waals surface area contributed by atoms with Gasteiger partial charge in [-0.2, -0.15) is 0 Å². The van der Waals surface area contributed by atoms with Gasteiger partial charge in [0.05, 0.1) is 27.0 Å². The molecule has 3 heterocycles. The molecule has 0 saturated carbocycles. The maximum Gasteiger partial charge on any atom is 0.514 e. The first-order chi connectivity index (χ1) is 10.3. The van der Waals surface area contributed by atoms with Crippen molar-refractivity contribution >= 4 is 34.3 Å². The van der Waals surface area contributed by atoms with Crippen molar-refractivity contribution in [3.05, 3.63) is 16.7 Å². The summed E-state index contributed by atoms with van der Waals surface area (Å²) in [6, 6.07) is 2.11. The quantitative estimate of drug-likeness (QED) is 0.753. The lowest BCUT2D eigenvalue weighted by atomic mass is 9.84. The maximum absolute atomic E-state index is 6.11. The summed E-state index contributed by atoms with van der Waals surface area (Å²) in [6.45, 7) is 10.5.